The number of aromatic amines is 2. The molecule has 2 heterocycles. The van der Waals surface area contributed by atoms with E-state index in [4.69, 9.17) is 0 Å². The molecule has 0 saturated carbocycles. The molecule has 3 rings (SSSR count). The third-order valence-electron chi connectivity index (χ3n) is 3.10. The lowest BCUT2D eigenvalue weighted by Gasteiger charge is -2.07. The highest BCUT2D eigenvalue weighted by Crippen LogP contribution is 2.18. The number of rotatable bonds is 4. The molecule has 106 valence electrons. The predicted molar refractivity (Wildman–Crippen MR) is 80.9 cm³/mol. The van der Waals surface area contributed by atoms with Gasteiger partial charge in [0.1, 0.15) is 5.82 Å². The molecule has 0 aliphatic carbocycles. The number of hydrogen-bond donors (Lipinski definition) is 3. The van der Waals surface area contributed by atoms with Crippen LogP contribution in [0.4, 0.5) is 5.69 Å². The van der Waals surface area contributed by atoms with Crippen LogP contribution in [0.1, 0.15) is 11.5 Å². The Morgan fingerprint density at radius 2 is 1.95 bits per heavy atom. The van der Waals surface area contributed by atoms with Crippen molar-refractivity contribution in [1.29, 1.82) is 0 Å². The lowest BCUT2D eigenvalue weighted by Crippen LogP contribution is -2.03. The minimum Gasteiger partial charge on any atom is -0.379 e. The van der Waals surface area contributed by atoms with Crippen molar-refractivity contribution in [3.05, 3.63) is 64.5 Å². The van der Waals surface area contributed by atoms with E-state index >= 15 is 0 Å². The van der Waals surface area contributed by atoms with E-state index in [0.717, 1.165) is 28.5 Å². The van der Waals surface area contributed by atoms with Gasteiger partial charge in [-0.15, -0.1) is 0 Å². The standard InChI is InChI=1S/C15H15N5O/c1-10-16-7-6-13(18-10)9-17-12-4-2-11(3-5-12)14-8-15(21)20-19-14/h2-8,17H,9H2,1H3,(H2,19,20,21). The summed E-state index contributed by atoms with van der Waals surface area (Å²) in [4.78, 5) is 19.5. The van der Waals surface area contributed by atoms with Gasteiger partial charge in [-0.3, -0.25) is 15.0 Å². The van der Waals surface area contributed by atoms with Crippen molar-refractivity contribution in [2.24, 2.45) is 0 Å². The zero-order chi connectivity index (χ0) is 14.7. The molecule has 0 aliphatic rings. The predicted octanol–water partition coefficient (Wildman–Crippen LogP) is 2.08. The molecule has 0 spiro atoms. The second kappa shape index (κ2) is 5.62. The lowest BCUT2D eigenvalue weighted by atomic mass is 10.1. The van der Waals surface area contributed by atoms with Gasteiger partial charge in [0.15, 0.2) is 0 Å². The highest BCUT2D eigenvalue weighted by atomic mass is 16.1. The Labute approximate surface area is 121 Å². The first-order chi connectivity index (χ1) is 10.2. The van der Waals surface area contributed by atoms with Gasteiger partial charge in [-0.1, -0.05) is 12.1 Å². The molecular weight excluding hydrogens is 266 g/mol. The minimum absolute atomic E-state index is 0.133. The lowest BCUT2D eigenvalue weighted by molar-refractivity contribution is 0.955. The number of benzene rings is 1. The van der Waals surface area contributed by atoms with Crippen molar-refractivity contribution in [1.82, 2.24) is 20.2 Å². The fourth-order valence-corrected chi connectivity index (χ4v) is 2.05. The van der Waals surface area contributed by atoms with Crippen molar-refractivity contribution in [2.45, 2.75) is 13.5 Å². The van der Waals surface area contributed by atoms with Gasteiger partial charge in [-0.25, -0.2) is 9.97 Å². The fraction of sp³-hybridized carbons (Fsp3) is 0.133. The highest BCUT2D eigenvalue weighted by Gasteiger charge is 2.01. The van der Waals surface area contributed by atoms with Crippen LogP contribution in [0.5, 0.6) is 0 Å². The van der Waals surface area contributed by atoms with Gasteiger partial charge in [0.25, 0.3) is 5.56 Å². The Kier molecular flexibility index (Phi) is 3.51. The maximum Gasteiger partial charge on any atom is 0.264 e. The number of aryl methyl sites for hydroxylation is 1. The van der Waals surface area contributed by atoms with E-state index in [1.165, 1.54) is 6.07 Å². The zero-order valence-corrected chi connectivity index (χ0v) is 11.6. The highest BCUT2D eigenvalue weighted by molar-refractivity contribution is 5.62. The first-order valence-electron chi connectivity index (χ1n) is 6.61. The van der Waals surface area contributed by atoms with Crippen LogP contribution < -0.4 is 10.9 Å². The van der Waals surface area contributed by atoms with Crippen molar-refractivity contribution in [3.8, 4) is 11.3 Å². The van der Waals surface area contributed by atoms with Crippen LogP contribution in [0.15, 0.2) is 47.4 Å². The summed E-state index contributed by atoms with van der Waals surface area (Å²) in [7, 11) is 0. The molecule has 0 fully saturated rings. The van der Waals surface area contributed by atoms with Crippen LogP contribution in [0.25, 0.3) is 11.3 Å². The average Bonchev–Trinajstić information content (AvgIpc) is 2.92. The normalized spacial score (nSPS) is 10.5. The summed E-state index contributed by atoms with van der Waals surface area (Å²) >= 11 is 0. The molecule has 0 saturated heterocycles. The molecule has 3 aromatic rings. The van der Waals surface area contributed by atoms with E-state index in [1.54, 1.807) is 6.20 Å². The first kappa shape index (κ1) is 13.1. The van der Waals surface area contributed by atoms with Gasteiger partial charge in [0.2, 0.25) is 0 Å². The quantitative estimate of drug-likeness (QED) is 0.683. The summed E-state index contributed by atoms with van der Waals surface area (Å²) in [5.74, 6) is 0.765. The van der Waals surface area contributed by atoms with Gasteiger partial charge in [0.05, 0.1) is 17.9 Å². The monoisotopic (exact) mass is 281 g/mol. The van der Waals surface area contributed by atoms with Crippen LogP contribution in [-0.4, -0.2) is 20.2 Å². The number of hydrogen-bond acceptors (Lipinski definition) is 4. The summed E-state index contributed by atoms with van der Waals surface area (Å²) in [5.41, 5.74) is 3.54. The van der Waals surface area contributed by atoms with E-state index in [9.17, 15) is 4.79 Å². The van der Waals surface area contributed by atoms with Crippen molar-refractivity contribution in [2.75, 3.05) is 5.32 Å². The van der Waals surface area contributed by atoms with Gasteiger partial charge >= 0.3 is 0 Å². The van der Waals surface area contributed by atoms with Gasteiger partial charge < -0.3 is 5.32 Å². The molecule has 0 bridgehead atoms. The van der Waals surface area contributed by atoms with Crippen LogP contribution in [0, 0.1) is 6.92 Å². The maximum absolute atomic E-state index is 11.1. The molecule has 0 amide bonds. The second-order valence-electron chi connectivity index (χ2n) is 4.70. The Bertz CT molecular complexity index is 788. The van der Waals surface area contributed by atoms with E-state index in [1.807, 2.05) is 37.3 Å². The number of anilines is 1. The number of H-pyrrole nitrogens is 2. The summed E-state index contributed by atoms with van der Waals surface area (Å²) < 4.78 is 0. The second-order valence-corrected chi connectivity index (χ2v) is 4.70. The fourth-order valence-electron chi connectivity index (χ4n) is 2.05. The number of aromatic nitrogens is 4. The minimum atomic E-state index is -0.133. The van der Waals surface area contributed by atoms with Crippen molar-refractivity contribution >= 4 is 5.69 Å². The zero-order valence-electron chi connectivity index (χ0n) is 11.6. The molecule has 1 aromatic carbocycles. The molecule has 2 aromatic heterocycles. The summed E-state index contributed by atoms with van der Waals surface area (Å²) in [6.45, 7) is 2.51. The molecule has 6 heteroatoms. The topological polar surface area (TPSA) is 86.5 Å². The summed E-state index contributed by atoms with van der Waals surface area (Å²) in [5, 5.41) is 8.66. The van der Waals surface area contributed by atoms with Crippen molar-refractivity contribution in [3.63, 3.8) is 0 Å². The van der Waals surface area contributed by atoms with Crippen LogP contribution >= 0.6 is 0 Å². The van der Waals surface area contributed by atoms with Gasteiger partial charge in [-0.05, 0) is 30.7 Å². The Balaban J connectivity index is 1.68. The summed E-state index contributed by atoms with van der Waals surface area (Å²) in [6.07, 6.45) is 1.75. The van der Waals surface area contributed by atoms with Crippen LogP contribution in [-0.2, 0) is 6.54 Å². The number of nitrogens with one attached hydrogen (secondary N) is 3. The SMILES string of the molecule is Cc1nccc(CNc2ccc(-c3cc(=O)[nH][nH]3)cc2)n1. The van der Waals surface area contributed by atoms with E-state index in [-0.39, 0.29) is 5.56 Å². The average molecular weight is 281 g/mol. The third kappa shape index (κ3) is 3.17. The van der Waals surface area contributed by atoms with Crippen LogP contribution in [0.2, 0.25) is 0 Å². The molecule has 21 heavy (non-hydrogen) atoms. The molecule has 0 radical (unpaired) electrons. The van der Waals surface area contributed by atoms with E-state index in [0.29, 0.717) is 6.54 Å². The van der Waals surface area contributed by atoms with Gasteiger partial charge in [0, 0.05) is 18.0 Å². The Hall–Kier alpha value is -2.89. The molecule has 0 unspecified atom stereocenters. The van der Waals surface area contributed by atoms with E-state index < -0.39 is 0 Å². The van der Waals surface area contributed by atoms with Crippen molar-refractivity contribution < 1.29 is 0 Å². The smallest absolute Gasteiger partial charge is 0.264 e. The molecule has 0 aliphatic heterocycles. The van der Waals surface area contributed by atoms with Crippen LogP contribution in [0.3, 0.4) is 0 Å². The molecular formula is C15H15N5O. The number of nitrogens with zero attached hydrogens (tertiary/aromatic N) is 2. The first-order valence-corrected chi connectivity index (χ1v) is 6.61. The molecule has 3 N–H and O–H groups in total. The van der Waals surface area contributed by atoms with E-state index in [2.05, 4.69) is 25.5 Å². The summed E-state index contributed by atoms with van der Waals surface area (Å²) in [6, 6.07) is 11.3. The molecule has 0 atom stereocenters. The largest absolute Gasteiger partial charge is 0.379 e. The third-order valence-corrected chi connectivity index (χ3v) is 3.10. The maximum atomic E-state index is 11.1. The van der Waals surface area contributed by atoms with Gasteiger partial charge in [-0.2, -0.15) is 0 Å². The Morgan fingerprint density at radius 1 is 1.14 bits per heavy atom. The Morgan fingerprint density at radius 3 is 2.62 bits per heavy atom. The molecule has 6 nitrogen and oxygen atoms in total.